The number of carbonyl (C=O) groups is 1. The summed E-state index contributed by atoms with van der Waals surface area (Å²) in [6.45, 7) is 2.19. The number of nitrogens with zero attached hydrogens (tertiary/aromatic N) is 1. The monoisotopic (exact) mass is 246 g/mol. The number of carbonyl (C=O) groups excluding carboxylic acids is 1. The lowest BCUT2D eigenvalue weighted by Gasteiger charge is -2.14. The number of thiophene rings is 1. The van der Waals surface area contributed by atoms with Crippen molar-refractivity contribution in [3.05, 3.63) is 21.3 Å². The highest BCUT2D eigenvalue weighted by molar-refractivity contribution is 7.18. The van der Waals surface area contributed by atoms with E-state index in [1.807, 2.05) is 19.0 Å². The standard InChI is InChI=1S/C10H15ClN2OS/c1-12-5-6-13(2)7-8(14)9-3-4-10(11)15-9/h3-4,12H,5-7H2,1-2H3. The normalized spacial score (nSPS) is 10.9. The molecule has 0 aliphatic rings. The second-order valence-corrected chi connectivity index (χ2v) is 5.08. The topological polar surface area (TPSA) is 32.3 Å². The van der Waals surface area contributed by atoms with Gasteiger partial charge in [0.15, 0.2) is 5.78 Å². The second-order valence-electron chi connectivity index (χ2n) is 3.37. The van der Waals surface area contributed by atoms with Gasteiger partial charge in [0.25, 0.3) is 0 Å². The number of likely N-dealkylation sites (N-methyl/N-ethyl adjacent to an activating group) is 2. The van der Waals surface area contributed by atoms with E-state index in [-0.39, 0.29) is 5.78 Å². The lowest BCUT2D eigenvalue weighted by atomic mass is 10.3. The van der Waals surface area contributed by atoms with E-state index in [9.17, 15) is 4.79 Å². The maximum Gasteiger partial charge on any atom is 0.186 e. The Balaban J connectivity index is 2.42. The molecule has 0 bridgehead atoms. The molecule has 1 heterocycles. The Kier molecular flexibility index (Phi) is 5.25. The van der Waals surface area contributed by atoms with Crippen LogP contribution < -0.4 is 5.32 Å². The molecule has 3 nitrogen and oxygen atoms in total. The van der Waals surface area contributed by atoms with Crippen LogP contribution in [0.4, 0.5) is 0 Å². The van der Waals surface area contributed by atoms with Gasteiger partial charge in [-0.05, 0) is 26.2 Å². The predicted octanol–water partition coefficient (Wildman–Crippen LogP) is 1.74. The van der Waals surface area contributed by atoms with Crippen molar-refractivity contribution >= 4 is 28.7 Å². The van der Waals surface area contributed by atoms with E-state index in [1.54, 1.807) is 12.1 Å². The van der Waals surface area contributed by atoms with Crippen molar-refractivity contribution in [3.63, 3.8) is 0 Å². The molecule has 15 heavy (non-hydrogen) atoms. The Morgan fingerprint density at radius 2 is 2.33 bits per heavy atom. The fraction of sp³-hybridized carbons (Fsp3) is 0.500. The molecule has 0 saturated carbocycles. The summed E-state index contributed by atoms with van der Waals surface area (Å²) in [4.78, 5) is 14.4. The summed E-state index contributed by atoms with van der Waals surface area (Å²) in [5.74, 6) is 0.130. The Morgan fingerprint density at radius 1 is 1.60 bits per heavy atom. The van der Waals surface area contributed by atoms with Crippen LogP contribution in [0.1, 0.15) is 9.67 Å². The molecule has 0 fully saturated rings. The Hall–Kier alpha value is -0.420. The molecule has 0 aliphatic heterocycles. The van der Waals surface area contributed by atoms with Gasteiger partial charge >= 0.3 is 0 Å². The second kappa shape index (κ2) is 6.23. The average Bonchev–Trinajstić information content (AvgIpc) is 2.61. The third-order valence-corrected chi connectivity index (χ3v) is 3.28. The molecule has 5 heteroatoms. The van der Waals surface area contributed by atoms with E-state index in [0.717, 1.165) is 18.0 Å². The minimum absolute atomic E-state index is 0.130. The van der Waals surface area contributed by atoms with Crippen molar-refractivity contribution in [3.8, 4) is 0 Å². The van der Waals surface area contributed by atoms with Crippen LogP contribution in [0.5, 0.6) is 0 Å². The van der Waals surface area contributed by atoms with Gasteiger partial charge in [0.05, 0.1) is 15.8 Å². The maximum atomic E-state index is 11.7. The first-order valence-electron chi connectivity index (χ1n) is 4.75. The average molecular weight is 247 g/mol. The minimum atomic E-state index is 0.130. The van der Waals surface area contributed by atoms with Crippen molar-refractivity contribution in [1.82, 2.24) is 10.2 Å². The Labute approximate surface area is 99.0 Å². The van der Waals surface area contributed by atoms with Gasteiger partial charge in [0.1, 0.15) is 0 Å². The van der Waals surface area contributed by atoms with Crippen LogP contribution in [0.15, 0.2) is 12.1 Å². The molecule has 0 amide bonds. The zero-order valence-electron chi connectivity index (χ0n) is 8.92. The van der Waals surface area contributed by atoms with Crippen molar-refractivity contribution in [2.24, 2.45) is 0 Å². The van der Waals surface area contributed by atoms with E-state index < -0.39 is 0 Å². The number of rotatable bonds is 6. The zero-order valence-corrected chi connectivity index (χ0v) is 10.5. The summed E-state index contributed by atoms with van der Waals surface area (Å²) in [7, 11) is 3.83. The fourth-order valence-corrected chi connectivity index (χ4v) is 2.14. The van der Waals surface area contributed by atoms with E-state index >= 15 is 0 Å². The van der Waals surface area contributed by atoms with Crippen molar-refractivity contribution < 1.29 is 4.79 Å². The van der Waals surface area contributed by atoms with Crippen LogP contribution >= 0.6 is 22.9 Å². The number of ketones is 1. The molecule has 0 radical (unpaired) electrons. The van der Waals surface area contributed by atoms with Gasteiger partial charge in [-0.15, -0.1) is 11.3 Å². The van der Waals surface area contributed by atoms with Crippen LogP contribution in [0.3, 0.4) is 0 Å². The molecule has 0 saturated heterocycles. The lowest BCUT2D eigenvalue weighted by Crippen LogP contribution is -2.31. The third-order valence-electron chi connectivity index (χ3n) is 2.01. The van der Waals surface area contributed by atoms with Gasteiger partial charge in [-0.3, -0.25) is 9.69 Å². The molecule has 1 aromatic rings. The van der Waals surface area contributed by atoms with E-state index in [4.69, 9.17) is 11.6 Å². The van der Waals surface area contributed by atoms with Crippen molar-refractivity contribution in [1.29, 1.82) is 0 Å². The lowest BCUT2D eigenvalue weighted by molar-refractivity contribution is 0.0951. The molecular weight excluding hydrogens is 232 g/mol. The maximum absolute atomic E-state index is 11.7. The van der Waals surface area contributed by atoms with E-state index in [2.05, 4.69) is 5.32 Å². The molecule has 0 spiro atoms. The molecule has 0 unspecified atom stereocenters. The fourth-order valence-electron chi connectivity index (χ4n) is 1.17. The van der Waals surface area contributed by atoms with Crippen LogP contribution in [0, 0.1) is 0 Å². The molecule has 84 valence electrons. The van der Waals surface area contributed by atoms with Crippen LogP contribution in [-0.4, -0.2) is 44.4 Å². The summed E-state index contributed by atoms with van der Waals surface area (Å²) in [6.07, 6.45) is 0. The molecular formula is C10H15ClN2OS. The first kappa shape index (κ1) is 12.6. The number of Topliss-reactive ketones (excluding diaryl/α,β-unsaturated/α-hetero) is 1. The number of nitrogens with one attached hydrogen (secondary N) is 1. The Morgan fingerprint density at radius 3 is 2.87 bits per heavy atom. The van der Waals surface area contributed by atoms with Crippen molar-refractivity contribution in [2.75, 3.05) is 33.7 Å². The summed E-state index contributed by atoms with van der Waals surface area (Å²) < 4.78 is 0.663. The summed E-state index contributed by atoms with van der Waals surface area (Å²) in [5, 5.41) is 3.04. The van der Waals surface area contributed by atoms with E-state index in [0.29, 0.717) is 10.9 Å². The van der Waals surface area contributed by atoms with Gasteiger partial charge in [-0.25, -0.2) is 0 Å². The molecule has 0 atom stereocenters. The van der Waals surface area contributed by atoms with Gasteiger partial charge in [-0.1, -0.05) is 11.6 Å². The summed E-state index contributed by atoms with van der Waals surface area (Å²) in [6, 6.07) is 3.54. The van der Waals surface area contributed by atoms with Crippen LogP contribution in [0.2, 0.25) is 4.34 Å². The number of hydrogen-bond acceptors (Lipinski definition) is 4. The highest BCUT2D eigenvalue weighted by atomic mass is 35.5. The third kappa shape index (κ3) is 4.30. The van der Waals surface area contributed by atoms with Gasteiger partial charge in [0, 0.05) is 13.1 Å². The smallest absolute Gasteiger partial charge is 0.186 e. The first-order valence-corrected chi connectivity index (χ1v) is 5.94. The zero-order chi connectivity index (χ0) is 11.3. The molecule has 0 aliphatic carbocycles. The summed E-state index contributed by atoms with van der Waals surface area (Å²) >= 11 is 7.10. The van der Waals surface area contributed by atoms with E-state index in [1.165, 1.54) is 11.3 Å². The van der Waals surface area contributed by atoms with Crippen LogP contribution in [0.25, 0.3) is 0 Å². The summed E-state index contributed by atoms with van der Waals surface area (Å²) in [5.41, 5.74) is 0. The Bertz CT molecular complexity index is 327. The number of halogens is 1. The molecule has 1 rings (SSSR count). The van der Waals surface area contributed by atoms with Crippen LogP contribution in [-0.2, 0) is 0 Å². The number of hydrogen-bond donors (Lipinski definition) is 1. The SMILES string of the molecule is CNCCN(C)CC(=O)c1ccc(Cl)s1. The predicted molar refractivity (Wildman–Crippen MR) is 65.1 cm³/mol. The largest absolute Gasteiger partial charge is 0.318 e. The van der Waals surface area contributed by atoms with Gasteiger partial charge < -0.3 is 5.32 Å². The highest BCUT2D eigenvalue weighted by Crippen LogP contribution is 2.21. The molecule has 0 aromatic carbocycles. The quantitative estimate of drug-likeness (QED) is 0.776. The van der Waals surface area contributed by atoms with Crippen molar-refractivity contribution in [2.45, 2.75) is 0 Å². The van der Waals surface area contributed by atoms with Gasteiger partial charge in [0.2, 0.25) is 0 Å². The van der Waals surface area contributed by atoms with Gasteiger partial charge in [-0.2, -0.15) is 0 Å². The highest BCUT2D eigenvalue weighted by Gasteiger charge is 2.10. The minimum Gasteiger partial charge on any atom is -0.318 e. The molecule has 1 aromatic heterocycles. The first-order chi connectivity index (χ1) is 7.13. The molecule has 1 N–H and O–H groups in total.